The van der Waals surface area contributed by atoms with Crippen molar-refractivity contribution < 1.29 is 9.18 Å². The number of ketones is 1. The molecule has 0 saturated carbocycles. The van der Waals surface area contributed by atoms with E-state index in [1.807, 2.05) is 19.9 Å². The normalized spacial score (nSPS) is 10.6. The van der Waals surface area contributed by atoms with Gasteiger partial charge in [0.25, 0.3) is 0 Å². The molecule has 0 aliphatic heterocycles. The summed E-state index contributed by atoms with van der Waals surface area (Å²) in [6.45, 7) is 3.73. The molecule has 17 heavy (non-hydrogen) atoms. The van der Waals surface area contributed by atoms with Crippen LogP contribution in [-0.4, -0.2) is 5.78 Å². The van der Waals surface area contributed by atoms with Crippen molar-refractivity contribution >= 4 is 33.0 Å². The molecule has 1 nitrogen and oxygen atoms in total. The molecule has 4 heteroatoms. The number of halogens is 2. The van der Waals surface area contributed by atoms with Crippen LogP contribution in [0.2, 0.25) is 0 Å². The summed E-state index contributed by atoms with van der Waals surface area (Å²) in [6, 6.07) is 6.10. The molecule has 1 aromatic carbocycles. The fourth-order valence-corrected chi connectivity index (χ4v) is 3.03. The Kier molecular flexibility index (Phi) is 3.45. The van der Waals surface area contributed by atoms with Gasteiger partial charge in [0.15, 0.2) is 0 Å². The first-order chi connectivity index (χ1) is 7.99. The lowest BCUT2D eigenvalue weighted by Crippen LogP contribution is -2.02. The molecule has 88 valence electrons. The molecular formula is C13H10BrFOS. The van der Waals surface area contributed by atoms with E-state index < -0.39 is 0 Å². The van der Waals surface area contributed by atoms with E-state index in [0.717, 1.165) is 14.9 Å². The van der Waals surface area contributed by atoms with Crippen LogP contribution in [0.3, 0.4) is 0 Å². The molecule has 0 aliphatic rings. The molecule has 0 amide bonds. The highest BCUT2D eigenvalue weighted by Gasteiger charge is 2.16. The molecule has 0 N–H and O–H groups in total. The quantitative estimate of drug-likeness (QED) is 0.746. The zero-order valence-corrected chi connectivity index (χ0v) is 11.8. The second-order valence-corrected chi connectivity index (χ2v) is 6.23. The number of hydrogen-bond donors (Lipinski definition) is 0. The SMILES string of the molecule is Cc1ccc(F)cc1C(=O)c1cc(C)c(Br)s1. The van der Waals surface area contributed by atoms with Crippen molar-refractivity contribution in [1.82, 2.24) is 0 Å². The molecule has 0 spiro atoms. The Morgan fingerprint density at radius 3 is 2.53 bits per heavy atom. The van der Waals surface area contributed by atoms with Crippen molar-refractivity contribution in [1.29, 1.82) is 0 Å². The lowest BCUT2D eigenvalue weighted by atomic mass is 10.0. The maximum Gasteiger partial charge on any atom is 0.203 e. The second-order valence-electron chi connectivity index (χ2n) is 3.86. The topological polar surface area (TPSA) is 17.1 Å². The van der Waals surface area contributed by atoms with Crippen LogP contribution in [0.5, 0.6) is 0 Å². The minimum Gasteiger partial charge on any atom is -0.288 e. The van der Waals surface area contributed by atoms with Gasteiger partial charge in [-0.1, -0.05) is 6.07 Å². The summed E-state index contributed by atoms with van der Waals surface area (Å²) in [6.07, 6.45) is 0. The van der Waals surface area contributed by atoms with Gasteiger partial charge in [-0.3, -0.25) is 4.79 Å². The Bertz CT molecular complexity index is 570. The zero-order valence-electron chi connectivity index (χ0n) is 9.38. The van der Waals surface area contributed by atoms with Crippen LogP contribution in [0.25, 0.3) is 0 Å². The molecule has 1 heterocycles. The average Bonchev–Trinajstić information content (AvgIpc) is 2.62. The first-order valence-corrected chi connectivity index (χ1v) is 6.67. The Balaban J connectivity index is 2.47. The van der Waals surface area contributed by atoms with Crippen molar-refractivity contribution in [2.45, 2.75) is 13.8 Å². The van der Waals surface area contributed by atoms with Gasteiger partial charge in [0, 0.05) is 5.56 Å². The van der Waals surface area contributed by atoms with Crippen LogP contribution in [-0.2, 0) is 0 Å². The number of aryl methyl sites for hydroxylation is 2. The van der Waals surface area contributed by atoms with E-state index >= 15 is 0 Å². The number of hydrogen-bond acceptors (Lipinski definition) is 2. The molecule has 0 unspecified atom stereocenters. The van der Waals surface area contributed by atoms with Crippen molar-refractivity contribution in [3.05, 3.63) is 55.4 Å². The van der Waals surface area contributed by atoms with E-state index in [-0.39, 0.29) is 11.6 Å². The van der Waals surface area contributed by atoms with Crippen LogP contribution in [0.15, 0.2) is 28.1 Å². The third-order valence-corrected chi connectivity index (χ3v) is 4.66. The van der Waals surface area contributed by atoms with E-state index in [1.54, 1.807) is 6.07 Å². The van der Waals surface area contributed by atoms with Gasteiger partial charge < -0.3 is 0 Å². The number of rotatable bonds is 2. The van der Waals surface area contributed by atoms with Gasteiger partial charge in [-0.25, -0.2) is 4.39 Å². The van der Waals surface area contributed by atoms with Crippen molar-refractivity contribution in [3.63, 3.8) is 0 Å². The first kappa shape index (κ1) is 12.5. The minimum absolute atomic E-state index is 0.124. The fourth-order valence-electron chi connectivity index (χ4n) is 1.54. The van der Waals surface area contributed by atoms with Gasteiger partial charge in [0.2, 0.25) is 5.78 Å². The molecule has 0 fully saturated rings. The number of benzene rings is 1. The zero-order chi connectivity index (χ0) is 12.6. The van der Waals surface area contributed by atoms with E-state index in [1.165, 1.54) is 23.5 Å². The minimum atomic E-state index is -0.383. The molecule has 0 aliphatic carbocycles. The summed E-state index contributed by atoms with van der Waals surface area (Å²) in [5, 5.41) is 0. The second kappa shape index (κ2) is 4.70. The molecule has 0 bridgehead atoms. The molecule has 2 aromatic rings. The van der Waals surface area contributed by atoms with Crippen LogP contribution in [0, 0.1) is 19.7 Å². The Morgan fingerprint density at radius 2 is 1.94 bits per heavy atom. The Labute approximate surface area is 111 Å². The highest BCUT2D eigenvalue weighted by molar-refractivity contribution is 9.11. The molecule has 2 rings (SSSR count). The van der Waals surface area contributed by atoms with Crippen LogP contribution in [0.4, 0.5) is 4.39 Å². The van der Waals surface area contributed by atoms with Gasteiger partial charge in [0.1, 0.15) is 5.82 Å². The molecule has 0 saturated heterocycles. The first-order valence-electron chi connectivity index (χ1n) is 5.06. The van der Waals surface area contributed by atoms with Crippen LogP contribution < -0.4 is 0 Å². The van der Waals surface area contributed by atoms with E-state index in [2.05, 4.69) is 15.9 Å². The lowest BCUT2D eigenvalue weighted by Gasteiger charge is -2.02. The van der Waals surface area contributed by atoms with E-state index in [9.17, 15) is 9.18 Å². The summed E-state index contributed by atoms with van der Waals surface area (Å²) < 4.78 is 14.1. The average molecular weight is 313 g/mol. The molecular weight excluding hydrogens is 303 g/mol. The maximum absolute atomic E-state index is 13.1. The summed E-state index contributed by atoms with van der Waals surface area (Å²) in [5.74, 6) is -0.507. The lowest BCUT2D eigenvalue weighted by molar-refractivity contribution is 0.104. The van der Waals surface area contributed by atoms with Gasteiger partial charge in [-0.2, -0.15) is 0 Å². The Hall–Kier alpha value is -1.000. The monoisotopic (exact) mass is 312 g/mol. The van der Waals surface area contributed by atoms with Crippen molar-refractivity contribution in [2.24, 2.45) is 0 Å². The maximum atomic E-state index is 13.1. The van der Waals surface area contributed by atoms with Crippen LogP contribution in [0.1, 0.15) is 26.4 Å². The van der Waals surface area contributed by atoms with Gasteiger partial charge in [-0.15, -0.1) is 11.3 Å². The predicted octanol–water partition coefficient (Wildman–Crippen LogP) is 4.50. The summed E-state index contributed by atoms with van der Waals surface area (Å²) in [4.78, 5) is 12.8. The van der Waals surface area contributed by atoms with E-state index in [4.69, 9.17) is 0 Å². The standard InChI is InChI=1S/C13H10BrFOS/c1-7-3-4-9(15)6-10(7)12(16)11-5-8(2)13(14)17-11/h3-6H,1-2H3. The highest BCUT2D eigenvalue weighted by atomic mass is 79.9. The molecule has 1 aromatic heterocycles. The molecule has 0 atom stereocenters. The van der Waals surface area contributed by atoms with Crippen molar-refractivity contribution in [3.8, 4) is 0 Å². The Morgan fingerprint density at radius 1 is 1.24 bits per heavy atom. The van der Waals surface area contributed by atoms with Gasteiger partial charge in [-0.05, 0) is 59.1 Å². The van der Waals surface area contributed by atoms with Crippen LogP contribution >= 0.6 is 27.3 Å². The third kappa shape index (κ3) is 2.48. The predicted molar refractivity (Wildman–Crippen MR) is 71.3 cm³/mol. The van der Waals surface area contributed by atoms with Crippen molar-refractivity contribution in [2.75, 3.05) is 0 Å². The van der Waals surface area contributed by atoms with E-state index in [0.29, 0.717) is 10.4 Å². The summed E-state index contributed by atoms with van der Waals surface area (Å²) in [5.41, 5.74) is 2.24. The third-order valence-electron chi connectivity index (χ3n) is 2.53. The number of thiophene rings is 1. The smallest absolute Gasteiger partial charge is 0.203 e. The summed E-state index contributed by atoms with van der Waals surface area (Å²) in [7, 11) is 0. The number of carbonyl (C=O) groups excluding carboxylic acids is 1. The van der Waals surface area contributed by atoms with Gasteiger partial charge >= 0.3 is 0 Å². The molecule has 0 radical (unpaired) electrons. The summed E-state index contributed by atoms with van der Waals surface area (Å²) >= 11 is 4.76. The number of carbonyl (C=O) groups is 1. The van der Waals surface area contributed by atoms with Gasteiger partial charge in [0.05, 0.1) is 8.66 Å². The largest absolute Gasteiger partial charge is 0.288 e. The highest BCUT2D eigenvalue weighted by Crippen LogP contribution is 2.29. The fraction of sp³-hybridized carbons (Fsp3) is 0.154.